The van der Waals surface area contributed by atoms with Crippen LogP contribution in [0, 0.1) is 0 Å². The number of halogens is 1. The van der Waals surface area contributed by atoms with E-state index in [9.17, 15) is 0 Å². The Morgan fingerprint density at radius 1 is 1.26 bits per heavy atom. The summed E-state index contributed by atoms with van der Waals surface area (Å²) in [7, 11) is 1.87. The van der Waals surface area contributed by atoms with Crippen molar-refractivity contribution in [2.75, 3.05) is 46.4 Å². The number of guanidine groups is 1. The van der Waals surface area contributed by atoms with Gasteiger partial charge in [-0.25, -0.2) is 0 Å². The van der Waals surface area contributed by atoms with Gasteiger partial charge < -0.3 is 15.0 Å². The minimum atomic E-state index is 0.630. The summed E-state index contributed by atoms with van der Waals surface area (Å²) < 4.78 is 6.57. The zero-order chi connectivity index (χ0) is 16.1. The number of morpholine rings is 1. The molecule has 23 heavy (non-hydrogen) atoms. The molecule has 0 spiro atoms. The minimum Gasteiger partial charge on any atom is -0.379 e. The lowest BCUT2D eigenvalue weighted by atomic mass is 10.2. The Bertz CT molecular complexity index is 528. The van der Waals surface area contributed by atoms with Crippen molar-refractivity contribution in [2.45, 2.75) is 19.0 Å². The van der Waals surface area contributed by atoms with Gasteiger partial charge >= 0.3 is 0 Å². The molecule has 1 aromatic rings. The summed E-state index contributed by atoms with van der Waals surface area (Å²) >= 11 is 3.47. The fraction of sp³-hybridized carbons (Fsp3) is 0.588. The standard InChI is InChI=1S/C17H25BrN4O/c1-19-17(20-12-14-2-4-15(18)5-3-14)22-7-6-16(13-22)21-8-10-23-11-9-21/h2-5,16H,6-13H2,1H3,(H,19,20). The maximum Gasteiger partial charge on any atom is 0.193 e. The summed E-state index contributed by atoms with van der Waals surface area (Å²) in [4.78, 5) is 9.40. The summed E-state index contributed by atoms with van der Waals surface area (Å²) in [5.41, 5.74) is 1.26. The van der Waals surface area contributed by atoms with Gasteiger partial charge in [0.25, 0.3) is 0 Å². The maximum atomic E-state index is 5.46. The number of ether oxygens (including phenoxy) is 1. The van der Waals surface area contributed by atoms with Crippen LogP contribution in [0.5, 0.6) is 0 Å². The molecular weight excluding hydrogens is 356 g/mol. The Labute approximate surface area is 146 Å². The Kier molecular flexibility index (Phi) is 5.91. The first-order chi connectivity index (χ1) is 11.3. The molecule has 0 radical (unpaired) electrons. The first kappa shape index (κ1) is 16.7. The van der Waals surface area contributed by atoms with E-state index in [1.165, 1.54) is 12.0 Å². The molecule has 6 heteroatoms. The van der Waals surface area contributed by atoms with Crippen molar-refractivity contribution >= 4 is 21.9 Å². The predicted molar refractivity (Wildman–Crippen MR) is 96.7 cm³/mol. The van der Waals surface area contributed by atoms with Gasteiger partial charge in [0, 0.05) is 50.3 Å². The Morgan fingerprint density at radius 3 is 2.70 bits per heavy atom. The lowest BCUT2D eigenvalue weighted by Gasteiger charge is -2.32. The molecule has 126 valence electrons. The quantitative estimate of drug-likeness (QED) is 0.642. The normalized spacial score (nSPS) is 23.3. The molecule has 2 fully saturated rings. The van der Waals surface area contributed by atoms with Gasteiger partial charge in [0.15, 0.2) is 5.96 Å². The van der Waals surface area contributed by atoms with E-state index in [0.29, 0.717) is 6.04 Å². The highest BCUT2D eigenvalue weighted by Gasteiger charge is 2.30. The van der Waals surface area contributed by atoms with Crippen LogP contribution in [0.25, 0.3) is 0 Å². The monoisotopic (exact) mass is 380 g/mol. The molecule has 0 saturated carbocycles. The van der Waals surface area contributed by atoms with Gasteiger partial charge in [-0.1, -0.05) is 28.1 Å². The number of hydrogen-bond acceptors (Lipinski definition) is 3. The lowest BCUT2D eigenvalue weighted by molar-refractivity contribution is 0.0195. The third-order valence-electron chi connectivity index (χ3n) is 4.60. The molecule has 0 aromatic heterocycles. The van der Waals surface area contributed by atoms with Gasteiger partial charge in [-0.15, -0.1) is 0 Å². The molecule has 3 rings (SSSR count). The van der Waals surface area contributed by atoms with Gasteiger partial charge in [0.1, 0.15) is 0 Å². The molecular formula is C17H25BrN4O. The predicted octanol–water partition coefficient (Wildman–Crippen LogP) is 1.93. The molecule has 0 bridgehead atoms. The second kappa shape index (κ2) is 8.13. The third kappa shape index (κ3) is 4.46. The highest BCUT2D eigenvalue weighted by molar-refractivity contribution is 9.10. The fourth-order valence-corrected chi connectivity index (χ4v) is 3.55. The Balaban J connectivity index is 1.51. The topological polar surface area (TPSA) is 40.1 Å². The van der Waals surface area contributed by atoms with Crippen molar-refractivity contribution in [3.8, 4) is 0 Å². The summed E-state index contributed by atoms with van der Waals surface area (Å²) in [6.45, 7) is 6.79. The van der Waals surface area contributed by atoms with Crippen LogP contribution in [0.1, 0.15) is 12.0 Å². The first-order valence-corrected chi connectivity index (χ1v) is 9.07. The Morgan fingerprint density at radius 2 is 2.00 bits per heavy atom. The number of hydrogen-bond donors (Lipinski definition) is 1. The third-order valence-corrected chi connectivity index (χ3v) is 5.13. The molecule has 2 aliphatic rings. The SMILES string of the molecule is CN=C(NCc1ccc(Br)cc1)N1CCC(N2CCOCC2)C1. The van der Waals surface area contributed by atoms with Crippen molar-refractivity contribution in [1.29, 1.82) is 0 Å². The van der Waals surface area contributed by atoms with Crippen LogP contribution in [0.4, 0.5) is 0 Å². The van der Waals surface area contributed by atoms with Crippen LogP contribution < -0.4 is 5.32 Å². The van der Waals surface area contributed by atoms with Crippen LogP contribution in [0.2, 0.25) is 0 Å². The van der Waals surface area contributed by atoms with E-state index in [2.05, 4.69) is 60.3 Å². The Hall–Kier alpha value is -1.11. The highest BCUT2D eigenvalue weighted by atomic mass is 79.9. The summed E-state index contributed by atoms with van der Waals surface area (Å²) in [6, 6.07) is 9.04. The summed E-state index contributed by atoms with van der Waals surface area (Å²) in [6.07, 6.45) is 1.21. The largest absolute Gasteiger partial charge is 0.379 e. The molecule has 5 nitrogen and oxygen atoms in total. The van der Waals surface area contributed by atoms with Gasteiger partial charge in [-0.2, -0.15) is 0 Å². The van der Waals surface area contributed by atoms with Crippen LogP contribution in [0.15, 0.2) is 33.7 Å². The van der Waals surface area contributed by atoms with Crippen molar-refractivity contribution < 1.29 is 4.74 Å². The van der Waals surface area contributed by atoms with E-state index in [0.717, 1.165) is 56.4 Å². The molecule has 2 saturated heterocycles. The van der Waals surface area contributed by atoms with Crippen LogP contribution >= 0.6 is 15.9 Å². The second-order valence-corrected chi connectivity index (χ2v) is 6.98. The van der Waals surface area contributed by atoms with Crippen molar-refractivity contribution in [3.63, 3.8) is 0 Å². The highest BCUT2D eigenvalue weighted by Crippen LogP contribution is 2.17. The molecule has 1 aromatic carbocycles. The molecule has 1 N–H and O–H groups in total. The first-order valence-electron chi connectivity index (χ1n) is 8.28. The molecule has 0 amide bonds. The van der Waals surface area contributed by atoms with Crippen LogP contribution in [-0.4, -0.2) is 68.2 Å². The molecule has 1 atom stereocenters. The van der Waals surface area contributed by atoms with Crippen molar-refractivity contribution in [1.82, 2.24) is 15.1 Å². The number of aliphatic imine (C=N–C) groups is 1. The van der Waals surface area contributed by atoms with Gasteiger partial charge in [-0.3, -0.25) is 9.89 Å². The number of rotatable bonds is 3. The van der Waals surface area contributed by atoms with Crippen molar-refractivity contribution in [3.05, 3.63) is 34.3 Å². The number of likely N-dealkylation sites (tertiary alicyclic amines) is 1. The van der Waals surface area contributed by atoms with E-state index < -0.39 is 0 Å². The molecule has 2 aliphatic heterocycles. The lowest BCUT2D eigenvalue weighted by Crippen LogP contribution is -2.46. The smallest absolute Gasteiger partial charge is 0.193 e. The molecule has 0 aliphatic carbocycles. The van der Waals surface area contributed by atoms with E-state index in [-0.39, 0.29) is 0 Å². The van der Waals surface area contributed by atoms with Gasteiger partial charge in [0.05, 0.1) is 13.2 Å². The average Bonchev–Trinajstić information content (AvgIpc) is 3.08. The summed E-state index contributed by atoms with van der Waals surface area (Å²) in [5.74, 6) is 1.00. The maximum absolute atomic E-state index is 5.46. The average molecular weight is 381 g/mol. The number of benzene rings is 1. The van der Waals surface area contributed by atoms with E-state index in [4.69, 9.17) is 4.74 Å². The van der Waals surface area contributed by atoms with E-state index in [1.54, 1.807) is 0 Å². The van der Waals surface area contributed by atoms with Crippen molar-refractivity contribution in [2.24, 2.45) is 4.99 Å². The second-order valence-electron chi connectivity index (χ2n) is 6.06. The minimum absolute atomic E-state index is 0.630. The van der Waals surface area contributed by atoms with Crippen LogP contribution in [-0.2, 0) is 11.3 Å². The number of nitrogens with zero attached hydrogens (tertiary/aromatic N) is 3. The summed E-state index contributed by atoms with van der Waals surface area (Å²) in [5, 5.41) is 3.49. The van der Waals surface area contributed by atoms with Crippen LogP contribution in [0.3, 0.4) is 0 Å². The molecule has 1 unspecified atom stereocenters. The van der Waals surface area contributed by atoms with Gasteiger partial charge in [0.2, 0.25) is 0 Å². The van der Waals surface area contributed by atoms with E-state index in [1.807, 2.05) is 7.05 Å². The molecule has 2 heterocycles. The zero-order valence-corrected chi connectivity index (χ0v) is 15.3. The zero-order valence-electron chi connectivity index (χ0n) is 13.7. The van der Waals surface area contributed by atoms with E-state index >= 15 is 0 Å². The fourth-order valence-electron chi connectivity index (χ4n) is 3.29. The van der Waals surface area contributed by atoms with Gasteiger partial charge in [-0.05, 0) is 24.1 Å². The number of nitrogens with one attached hydrogen (secondary N) is 1.